The second kappa shape index (κ2) is 5.36. The van der Waals surface area contributed by atoms with Gasteiger partial charge in [0, 0.05) is 10.0 Å². The first-order valence-corrected chi connectivity index (χ1v) is 6.43. The van der Waals surface area contributed by atoms with Gasteiger partial charge in [-0.2, -0.15) is 0 Å². The highest BCUT2D eigenvalue weighted by Crippen LogP contribution is 2.38. The van der Waals surface area contributed by atoms with Crippen molar-refractivity contribution in [2.24, 2.45) is 5.11 Å². The maximum Gasteiger partial charge on any atom is 0.220 e. The summed E-state index contributed by atoms with van der Waals surface area (Å²) in [4.78, 5) is 3.11. The van der Waals surface area contributed by atoms with E-state index in [0.29, 0.717) is 5.69 Å². The summed E-state index contributed by atoms with van der Waals surface area (Å²) in [5.41, 5.74) is 9.51. The molecule has 0 spiro atoms. The Morgan fingerprint density at radius 2 is 1.76 bits per heavy atom. The zero-order chi connectivity index (χ0) is 12.3. The van der Waals surface area contributed by atoms with Gasteiger partial charge in [-0.25, -0.2) is 0 Å². The third-order valence-electron chi connectivity index (χ3n) is 2.26. The van der Waals surface area contributed by atoms with Gasteiger partial charge >= 0.3 is 0 Å². The minimum Gasteiger partial charge on any atom is -0.0622 e. The van der Waals surface area contributed by atoms with Crippen molar-refractivity contribution in [3.63, 3.8) is 0 Å². The van der Waals surface area contributed by atoms with Crippen molar-refractivity contribution in [1.29, 1.82) is 5.53 Å². The molecule has 0 aliphatic heterocycles. The molecule has 84 valence electrons. The Morgan fingerprint density at radius 3 is 2.41 bits per heavy atom. The van der Waals surface area contributed by atoms with Gasteiger partial charge in [-0.15, -0.1) is 0 Å². The topological polar surface area (TPSA) is 50.3 Å². The minimum atomic E-state index is 0.661. The van der Waals surface area contributed by atoms with E-state index in [1.807, 2.05) is 42.5 Å². The predicted octanol–water partition coefficient (Wildman–Crippen LogP) is 5.06. The summed E-state index contributed by atoms with van der Waals surface area (Å²) in [6.45, 7) is 0. The van der Waals surface area contributed by atoms with Crippen LogP contribution in [0.15, 0.2) is 56.5 Å². The van der Waals surface area contributed by atoms with Gasteiger partial charge in [0.05, 0.1) is 4.47 Å². The van der Waals surface area contributed by atoms with Crippen LogP contribution in [-0.4, -0.2) is 0 Å². The molecule has 0 saturated heterocycles. The molecule has 0 unspecified atom stereocenters. The Bertz CT molecular complexity index is 590. The second-order valence-electron chi connectivity index (χ2n) is 3.35. The van der Waals surface area contributed by atoms with Crippen molar-refractivity contribution in [1.82, 2.24) is 4.91 Å². The molecule has 0 amide bonds. The van der Waals surface area contributed by atoms with Crippen molar-refractivity contribution in [3.8, 4) is 11.1 Å². The second-order valence-corrected chi connectivity index (χ2v) is 5.12. The number of nitrogens with zero attached hydrogens (tertiary/aromatic N) is 2. The van der Waals surface area contributed by atoms with Gasteiger partial charge in [0.1, 0.15) is 5.53 Å². The van der Waals surface area contributed by atoms with E-state index < -0.39 is 0 Å². The molecular weight excluding hydrogens is 346 g/mol. The van der Waals surface area contributed by atoms with E-state index in [9.17, 15) is 0 Å². The molecule has 0 saturated carbocycles. The average Bonchev–Trinajstić information content (AvgIpc) is 2.33. The summed E-state index contributed by atoms with van der Waals surface area (Å²) in [6.07, 6.45) is 0. The first-order chi connectivity index (χ1) is 8.22. The lowest BCUT2D eigenvalue weighted by molar-refractivity contribution is 0.990. The molecule has 17 heavy (non-hydrogen) atoms. The van der Waals surface area contributed by atoms with Crippen LogP contribution >= 0.6 is 31.9 Å². The minimum absolute atomic E-state index is 0.661. The molecule has 0 aromatic heterocycles. The quantitative estimate of drug-likeness (QED) is 0.579. The van der Waals surface area contributed by atoms with Crippen LogP contribution in [-0.2, 0) is 0 Å². The zero-order valence-electron chi connectivity index (χ0n) is 8.69. The molecule has 0 aliphatic rings. The number of hydrogen-bond acceptors (Lipinski definition) is 2. The number of nitrogens with one attached hydrogen (secondary N) is 1. The van der Waals surface area contributed by atoms with Crippen molar-refractivity contribution >= 4 is 37.5 Å². The molecule has 2 aromatic carbocycles. The fourth-order valence-corrected chi connectivity index (χ4v) is 2.86. The smallest absolute Gasteiger partial charge is 0.0622 e. The SMILES string of the molecule is N=[N+]=Nc1c(Br)cc(Br)cc1-c1ccccc1. The molecule has 2 aromatic rings. The molecule has 3 nitrogen and oxygen atoms in total. The van der Waals surface area contributed by atoms with Gasteiger partial charge in [-0.1, -0.05) is 46.3 Å². The number of halogens is 2. The Balaban J connectivity index is 2.71. The highest BCUT2D eigenvalue weighted by atomic mass is 79.9. The maximum absolute atomic E-state index is 6.88. The van der Waals surface area contributed by atoms with Gasteiger partial charge in [0.25, 0.3) is 0 Å². The Hall–Kier alpha value is -1.29. The van der Waals surface area contributed by atoms with E-state index in [0.717, 1.165) is 20.1 Å². The monoisotopic (exact) mass is 352 g/mol. The van der Waals surface area contributed by atoms with Crippen molar-refractivity contribution < 1.29 is 0 Å². The summed E-state index contributed by atoms with van der Waals surface area (Å²) < 4.78 is 1.76. The standard InChI is InChI=1S/C12H8Br2N3/c13-9-6-10(8-4-2-1-3-5-8)12(16-17-15)11(14)7-9/h1-7,15H/q+1. The lowest BCUT2D eigenvalue weighted by Crippen LogP contribution is -1.81. The number of benzene rings is 2. The summed E-state index contributed by atoms with van der Waals surface area (Å²) in [5, 5.41) is 3.85. The van der Waals surface area contributed by atoms with E-state index in [2.05, 4.69) is 41.9 Å². The van der Waals surface area contributed by atoms with Gasteiger partial charge in [-0.3, -0.25) is 0 Å². The third kappa shape index (κ3) is 2.69. The summed E-state index contributed by atoms with van der Waals surface area (Å²) >= 11 is 6.88. The lowest BCUT2D eigenvalue weighted by Gasteiger charge is -2.05. The van der Waals surface area contributed by atoms with Gasteiger partial charge in [0.15, 0.2) is 10.8 Å². The van der Waals surface area contributed by atoms with Crippen LogP contribution in [0.4, 0.5) is 5.69 Å². The third-order valence-corrected chi connectivity index (χ3v) is 3.33. The first kappa shape index (κ1) is 12.2. The molecule has 0 atom stereocenters. The Morgan fingerprint density at radius 1 is 1.06 bits per heavy atom. The molecule has 5 heteroatoms. The summed E-state index contributed by atoms with van der Waals surface area (Å²) in [5.74, 6) is 0. The normalized spacial score (nSPS) is 9.76. The fourth-order valence-electron chi connectivity index (χ4n) is 1.56. The van der Waals surface area contributed by atoms with Crippen molar-refractivity contribution in [2.45, 2.75) is 0 Å². The molecular formula is C12H8Br2N3+. The van der Waals surface area contributed by atoms with E-state index in [-0.39, 0.29) is 0 Å². The molecule has 0 radical (unpaired) electrons. The van der Waals surface area contributed by atoms with Crippen LogP contribution < -0.4 is 4.91 Å². The average molecular weight is 354 g/mol. The van der Waals surface area contributed by atoms with Crippen LogP contribution in [0.25, 0.3) is 11.1 Å². The van der Waals surface area contributed by atoms with Crippen molar-refractivity contribution in [2.75, 3.05) is 0 Å². The van der Waals surface area contributed by atoms with E-state index in [1.165, 1.54) is 0 Å². The highest BCUT2D eigenvalue weighted by Gasteiger charge is 2.13. The van der Waals surface area contributed by atoms with E-state index >= 15 is 0 Å². The molecule has 1 N–H and O–H groups in total. The largest absolute Gasteiger partial charge is 0.220 e. The van der Waals surface area contributed by atoms with Gasteiger partial charge in [-0.05, 0) is 33.6 Å². The van der Waals surface area contributed by atoms with E-state index in [1.54, 1.807) is 0 Å². The predicted molar refractivity (Wildman–Crippen MR) is 74.2 cm³/mol. The van der Waals surface area contributed by atoms with Crippen LogP contribution in [0.1, 0.15) is 0 Å². The summed E-state index contributed by atoms with van der Waals surface area (Å²) in [7, 11) is 0. The highest BCUT2D eigenvalue weighted by molar-refractivity contribution is 9.11. The van der Waals surface area contributed by atoms with Gasteiger partial charge < -0.3 is 0 Å². The van der Waals surface area contributed by atoms with Crippen LogP contribution in [0.2, 0.25) is 0 Å². The van der Waals surface area contributed by atoms with Crippen molar-refractivity contribution in [3.05, 3.63) is 51.4 Å². The Labute approximate surface area is 115 Å². The van der Waals surface area contributed by atoms with Crippen LogP contribution in [0.5, 0.6) is 0 Å². The zero-order valence-corrected chi connectivity index (χ0v) is 11.9. The molecule has 0 heterocycles. The first-order valence-electron chi connectivity index (χ1n) is 4.84. The molecule has 0 fully saturated rings. The van der Waals surface area contributed by atoms with Gasteiger partial charge in [0.2, 0.25) is 4.91 Å². The number of rotatable bonds is 2. The fraction of sp³-hybridized carbons (Fsp3) is 0. The maximum atomic E-state index is 6.88. The Kier molecular flexibility index (Phi) is 3.84. The van der Waals surface area contributed by atoms with Crippen LogP contribution in [0.3, 0.4) is 0 Å². The number of hydrogen-bond donors (Lipinski definition) is 1. The molecule has 2 rings (SSSR count). The van der Waals surface area contributed by atoms with Crippen LogP contribution in [0, 0.1) is 5.53 Å². The van der Waals surface area contributed by atoms with E-state index in [4.69, 9.17) is 5.53 Å². The molecule has 0 bridgehead atoms. The lowest BCUT2D eigenvalue weighted by atomic mass is 10.0. The molecule has 0 aliphatic carbocycles. The summed E-state index contributed by atoms with van der Waals surface area (Å²) in [6, 6.07) is 13.7.